The van der Waals surface area contributed by atoms with E-state index in [9.17, 15) is 13.2 Å². The Balaban J connectivity index is 1.90. The lowest BCUT2D eigenvalue weighted by atomic mass is 9.96. The van der Waals surface area contributed by atoms with Gasteiger partial charge < -0.3 is 0 Å². The van der Waals surface area contributed by atoms with E-state index in [4.69, 9.17) is 0 Å². The number of aryl methyl sites for hydroxylation is 2. The average Bonchev–Trinajstić information content (AvgIpc) is 2.92. The topological polar surface area (TPSA) is 0 Å². The Morgan fingerprint density at radius 1 is 0.727 bits per heavy atom. The van der Waals surface area contributed by atoms with Crippen LogP contribution in [0.15, 0.2) is 54.6 Å². The minimum Gasteiger partial charge on any atom is -0.166 e. The Bertz CT molecular complexity index is 875. The molecule has 1 aliphatic carbocycles. The minimum atomic E-state index is -4.31. The van der Waals surface area contributed by atoms with Crippen molar-refractivity contribution in [1.29, 1.82) is 0 Å². The average molecular weight is 298 g/mol. The van der Waals surface area contributed by atoms with Crippen LogP contribution in [0.25, 0.3) is 21.9 Å². The number of hydrogen-bond acceptors (Lipinski definition) is 0. The predicted octanol–water partition coefficient (Wildman–Crippen LogP) is 5.62. The molecule has 0 saturated heterocycles. The summed E-state index contributed by atoms with van der Waals surface area (Å²) in [7, 11) is 0. The van der Waals surface area contributed by atoms with Crippen molar-refractivity contribution in [3.8, 4) is 11.1 Å². The van der Waals surface area contributed by atoms with Crippen LogP contribution in [-0.4, -0.2) is 0 Å². The highest BCUT2D eigenvalue weighted by Crippen LogP contribution is 2.37. The van der Waals surface area contributed by atoms with Crippen molar-refractivity contribution >= 4 is 10.8 Å². The molecule has 3 heteroatoms. The first-order valence-corrected chi connectivity index (χ1v) is 7.24. The second-order valence-electron chi connectivity index (χ2n) is 5.73. The lowest BCUT2D eigenvalue weighted by molar-refractivity contribution is -0.137. The Morgan fingerprint density at radius 3 is 2.32 bits per heavy atom. The van der Waals surface area contributed by atoms with Crippen LogP contribution >= 0.6 is 0 Å². The van der Waals surface area contributed by atoms with Gasteiger partial charge in [0.15, 0.2) is 0 Å². The summed E-state index contributed by atoms with van der Waals surface area (Å²) < 4.78 is 38.7. The van der Waals surface area contributed by atoms with Crippen molar-refractivity contribution in [3.05, 3.63) is 71.3 Å². The molecule has 0 spiro atoms. The van der Waals surface area contributed by atoms with Gasteiger partial charge in [0.2, 0.25) is 0 Å². The summed E-state index contributed by atoms with van der Waals surface area (Å²) in [5.41, 5.74) is 3.44. The molecule has 0 amide bonds. The van der Waals surface area contributed by atoms with E-state index in [2.05, 4.69) is 6.07 Å². The van der Waals surface area contributed by atoms with E-state index in [0.717, 1.165) is 29.9 Å². The van der Waals surface area contributed by atoms with Crippen molar-refractivity contribution in [2.45, 2.75) is 19.0 Å². The van der Waals surface area contributed by atoms with Crippen LogP contribution < -0.4 is 0 Å². The summed E-state index contributed by atoms with van der Waals surface area (Å²) >= 11 is 0. The molecule has 0 aliphatic heterocycles. The molecule has 4 rings (SSSR count). The van der Waals surface area contributed by atoms with Crippen molar-refractivity contribution < 1.29 is 13.2 Å². The molecule has 1 aliphatic rings. The number of halogens is 3. The maximum atomic E-state index is 12.9. The maximum Gasteiger partial charge on any atom is 0.416 e. The highest BCUT2D eigenvalue weighted by molar-refractivity contribution is 5.94. The van der Waals surface area contributed by atoms with E-state index >= 15 is 0 Å². The van der Waals surface area contributed by atoms with Crippen molar-refractivity contribution in [2.24, 2.45) is 0 Å². The third kappa shape index (κ3) is 2.08. The van der Waals surface area contributed by atoms with Gasteiger partial charge in [-0.15, -0.1) is 0 Å². The molecule has 22 heavy (non-hydrogen) atoms. The van der Waals surface area contributed by atoms with Crippen LogP contribution in [0.1, 0.15) is 16.7 Å². The van der Waals surface area contributed by atoms with Crippen LogP contribution in [0.4, 0.5) is 13.2 Å². The Hall–Kier alpha value is -2.29. The third-order valence-corrected chi connectivity index (χ3v) is 4.33. The molecule has 0 atom stereocenters. The minimum absolute atomic E-state index is 0.602. The monoisotopic (exact) mass is 298 g/mol. The molecule has 0 N–H and O–H groups in total. The third-order valence-electron chi connectivity index (χ3n) is 4.33. The van der Waals surface area contributed by atoms with E-state index in [1.54, 1.807) is 6.07 Å². The molecule has 0 radical (unpaired) electrons. The second-order valence-corrected chi connectivity index (χ2v) is 5.73. The Kier molecular flexibility index (Phi) is 2.80. The molecule has 3 aromatic rings. The molecule has 0 heterocycles. The normalized spacial score (nSPS) is 13.8. The molecule has 0 unspecified atom stereocenters. The van der Waals surface area contributed by atoms with E-state index in [0.29, 0.717) is 5.56 Å². The zero-order chi connectivity index (χ0) is 15.3. The Labute approximate surface area is 126 Å². The highest BCUT2D eigenvalue weighted by atomic mass is 19.4. The smallest absolute Gasteiger partial charge is 0.166 e. The summed E-state index contributed by atoms with van der Waals surface area (Å²) in [5.74, 6) is 0. The summed E-state index contributed by atoms with van der Waals surface area (Å²) in [6.45, 7) is 0. The van der Waals surface area contributed by atoms with Gasteiger partial charge >= 0.3 is 6.18 Å². The first kappa shape index (κ1) is 13.4. The lowest BCUT2D eigenvalue weighted by Crippen LogP contribution is -2.04. The first-order valence-electron chi connectivity index (χ1n) is 7.24. The van der Waals surface area contributed by atoms with E-state index < -0.39 is 11.7 Å². The number of benzene rings is 3. The molecule has 0 bridgehead atoms. The molecule has 0 saturated carbocycles. The summed E-state index contributed by atoms with van der Waals surface area (Å²) in [6.07, 6.45) is -2.34. The van der Waals surface area contributed by atoms with Gasteiger partial charge in [0, 0.05) is 0 Å². The Morgan fingerprint density at radius 2 is 1.50 bits per heavy atom. The van der Waals surface area contributed by atoms with Gasteiger partial charge in [-0.3, -0.25) is 0 Å². The number of rotatable bonds is 1. The van der Waals surface area contributed by atoms with Crippen LogP contribution in [0, 0.1) is 0 Å². The summed E-state index contributed by atoms with van der Waals surface area (Å²) in [5, 5.41) is 2.39. The quantitative estimate of drug-likeness (QED) is 0.546. The second kappa shape index (κ2) is 4.60. The van der Waals surface area contributed by atoms with E-state index in [-0.39, 0.29) is 0 Å². The van der Waals surface area contributed by atoms with Gasteiger partial charge in [0.1, 0.15) is 0 Å². The number of alkyl halides is 3. The van der Waals surface area contributed by atoms with E-state index in [1.165, 1.54) is 28.6 Å². The molecule has 110 valence electrons. The standard InChI is InChI=1S/C19H13F3/c20-19(21,22)17-6-2-4-13(11-17)16-9-14-5-1-3-12-7-8-15(10-16)18(12)14/h1-6,9-11H,7-8H2. The lowest BCUT2D eigenvalue weighted by Gasteiger charge is -2.11. The summed E-state index contributed by atoms with van der Waals surface area (Å²) in [4.78, 5) is 0. The maximum absolute atomic E-state index is 12.9. The SMILES string of the molecule is FC(F)(F)c1cccc(-c2cc3c4c(cccc4c2)CC3)c1. The predicted molar refractivity (Wildman–Crippen MR) is 81.8 cm³/mol. The van der Waals surface area contributed by atoms with Crippen molar-refractivity contribution in [2.75, 3.05) is 0 Å². The van der Waals surface area contributed by atoms with Gasteiger partial charge in [-0.1, -0.05) is 36.4 Å². The van der Waals surface area contributed by atoms with Crippen LogP contribution in [0.3, 0.4) is 0 Å². The molecule has 0 nitrogen and oxygen atoms in total. The van der Waals surface area contributed by atoms with Gasteiger partial charge in [-0.05, 0) is 64.1 Å². The van der Waals surface area contributed by atoms with Crippen LogP contribution in [0.2, 0.25) is 0 Å². The molecule has 3 aromatic carbocycles. The molecular weight excluding hydrogens is 285 g/mol. The van der Waals surface area contributed by atoms with Crippen LogP contribution in [0.5, 0.6) is 0 Å². The van der Waals surface area contributed by atoms with Gasteiger partial charge in [-0.2, -0.15) is 13.2 Å². The zero-order valence-corrected chi connectivity index (χ0v) is 11.7. The largest absolute Gasteiger partial charge is 0.416 e. The molecular formula is C19H13F3. The van der Waals surface area contributed by atoms with E-state index in [1.807, 2.05) is 24.3 Å². The molecule has 0 fully saturated rings. The van der Waals surface area contributed by atoms with Crippen molar-refractivity contribution in [1.82, 2.24) is 0 Å². The van der Waals surface area contributed by atoms with Gasteiger partial charge in [0.25, 0.3) is 0 Å². The summed E-state index contributed by atoms with van der Waals surface area (Å²) in [6, 6.07) is 15.8. The van der Waals surface area contributed by atoms with Crippen LogP contribution in [-0.2, 0) is 19.0 Å². The fourth-order valence-corrected chi connectivity index (χ4v) is 3.32. The zero-order valence-electron chi connectivity index (χ0n) is 11.7. The first-order chi connectivity index (χ1) is 10.5. The molecule has 0 aromatic heterocycles. The van der Waals surface area contributed by atoms with Gasteiger partial charge in [0.05, 0.1) is 5.56 Å². The van der Waals surface area contributed by atoms with Gasteiger partial charge in [-0.25, -0.2) is 0 Å². The highest BCUT2D eigenvalue weighted by Gasteiger charge is 2.30. The van der Waals surface area contributed by atoms with Crippen molar-refractivity contribution in [3.63, 3.8) is 0 Å². The fraction of sp³-hybridized carbons (Fsp3) is 0.158. The fourth-order valence-electron chi connectivity index (χ4n) is 3.32. The number of hydrogen-bond donors (Lipinski definition) is 0.